The molecular weight excluding hydrogens is 366 g/mol. The minimum atomic E-state index is -0.391. The van der Waals surface area contributed by atoms with Gasteiger partial charge in [-0.2, -0.15) is 0 Å². The van der Waals surface area contributed by atoms with Crippen molar-refractivity contribution in [3.8, 4) is 5.75 Å². The van der Waals surface area contributed by atoms with E-state index >= 15 is 0 Å². The van der Waals surface area contributed by atoms with E-state index in [1.807, 2.05) is 20.8 Å². The lowest BCUT2D eigenvalue weighted by Crippen LogP contribution is -2.42. The molecular formula is C20H24ClN3O3. The molecule has 0 atom stereocenters. The Morgan fingerprint density at radius 2 is 1.78 bits per heavy atom. The van der Waals surface area contributed by atoms with Crippen LogP contribution < -0.4 is 21.1 Å². The third kappa shape index (κ3) is 5.14. The molecule has 7 heteroatoms. The highest BCUT2D eigenvalue weighted by molar-refractivity contribution is 6.33. The highest BCUT2D eigenvalue weighted by Gasteiger charge is 2.19. The Balaban J connectivity index is 2.14. The van der Waals surface area contributed by atoms with Crippen molar-refractivity contribution < 1.29 is 14.3 Å². The number of rotatable bonds is 6. The number of halogens is 1. The zero-order valence-corrected chi connectivity index (χ0v) is 16.6. The van der Waals surface area contributed by atoms with Gasteiger partial charge in [0, 0.05) is 22.9 Å². The number of anilines is 2. The van der Waals surface area contributed by atoms with Crippen LogP contribution in [0.15, 0.2) is 36.4 Å². The summed E-state index contributed by atoms with van der Waals surface area (Å²) in [5.74, 6) is -0.225. The van der Waals surface area contributed by atoms with Crippen LogP contribution in [0.5, 0.6) is 5.75 Å². The van der Waals surface area contributed by atoms with Crippen molar-refractivity contribution in [1.82, 2.24) is 5.32 Å². The van der Waals surface area contributed by atoms with Gasteiger partial charge in [-0.15, -0.1) is 0 Å². The molecule has 0 bridgehead atoms. The van der Waals surface area contributed by atoms with Gasteiger partial charge in [-0.25, -0.2) is 0 Å². The van der Waals surface area contributed by atoms with Crippen LogP contribution in [0, 0.1) is 0 Å². The van der Waals surface area contributed by atoms with Crippen LogP contribution in [0.2, 0.25) is 5.02 Å². The number of hydrogen-bond donors (Lipinski definition) is 3. The van der Waals surface area contributed by atoms with E-state index in [9.17, 15) is 9.59 Å². The maximum Gasteiger partial charge on any atom is 0.259 e. The summed E-state index contributed by atoms with van der Waals surface area (Å²) in [4.78, 5) is 24.8. The molecule has 144 valence electrons. The first-order valence-corrected chi connectivity index (χ1v) is 8.91. The van der Waals surface area contributed by atoms with Gasteiger partial charge in [-0.1, -0.05) is 18.5 Å². The van der Waals surface area contributed by atoms with Crippen molar-refractivity contribution in [2.24, 2.45) is 0 Å². The molecule has 0 heterocycles. The predicted molar refractivity (Wildman–Crippen MR) is 109 cm³/mol. The zero-order chi connectivity index (χ0) is 20.2. The van der Waals surface area contributed by atoms with Crippen molar-refractivity contribution in [2.75, 3.05) is 18.2 Å². The first kappa shape index (κ1) is 20.6. The molecule has 0 radical (unpaired) electrons. The number of ether oxygens (including phenoxy) is 1. The smallest absolute Gasteiger partial charge is 0.259 e. The number of nitrogens with two attached hydrogens (primary N) is 1. The van der Waals surface area contributed by atoms with Gasteiger partial charge in [0.2, 0.25) is 0 Å². The molecule has 0 saturated heterocycles. The van der Waals surface area contributed by atoms with E-state index in [0.29, 0.717) is 22.7 Å². The Kier molecular flexibility index (Phi) is 6.33. The van der Waals surface area contributed by atoms with Gasteiger partial charge in [0.05, 0.1) is 23.4 Å². The van der Waals surface area contributed by atoms with E-state index in [4.69, 9.17) is 22.1 Å². The first-order chi connectivity index (χ1) is 12.7. The minimum absolute atomic E-state index is 0.160. The van der Waals surface area contributed by atoms with Crippen molar-refractivity contribution >= 4 is 34.8 Å². The van der Waals surface area contributed by atoms with E-state index in [2.05, 4.69) is 10.6 Å². The average molecular weight is 390 g/mol. The van der Waals surface area contributed by atoms with Gasteiger partial charge in [0.15, 0.2) is 0 Å². The molecule has 2 aromatic carbocycles. The maximum atomic E-state index is 12.5. The highest BCUT2D eigenvalue weighted by atomic mass is 35.5. The van der Waals surface area contributed by atoms with Gasteiger partial charge < -0.3 is 21.1 Å². The van der Waals surface area contributed by atoms with Crippen LogP contribution in [0.1, 0.15) is 47.9 Å². The largest absolute Gasteiger partial charge is 0.496 e. The summed E-state index contributed by atoms with van der Waals surface area (Å²) in [5.41, 5.74) is 7.11. The molecule has 0 unspecified atom stereocenters. The van der Waals surface area contributed by atoms with Gasteiger partial charge in [0.1, 0.15) is 5.75 Å². The van der Waals surface area contributed by atoms with E-state index in [0.717, 1.165) is 6.42 Å². The number of nitrogens with one attached hydrogen (secondary N) is 2. The highest BCUT2D eigenvalue weighted by Crippen LogP contribution is 2.29. The van der Waals surface area contributed by atoms with Gasteiger partial charge in [-0.05, 0) is 50.6 Å². The van der Waals surface area contributed by atoms with Crippen LogP contribution in [-0.4, -0.2) is 24.5 Å². The lowest BCUT2D eigenvalue weighted by atomic mass is 10.0. The fraction of sp³-hybridized carbons (Fsp3) is 0.300. The molecule has 6 nitrogen and oxygen atoms in total. The number of amides is 2. The van der Waals surface area contributed by atoms with Crippen molar-refractivity contribution in [3.63, 3.8) is 0 Å². The van der Waals surface area contributed by atoms with Crippen LogP contribution in [0.3, 0.4) is 0 Å². The molecule has 0 saturated carbocycles. The topological polar surface area (TPSA) is 93.5 Å². The fourth-order valence-corrected chi connectivity index (χ4v) is 2.45. The third-order valence-electron chi connectivity index (χ3n) is 4.30. The number of hydrogen-bond acceptors (Lipinski definition) is 4. The average Bonchev–Trinajstić information content (AvgIpc) is 2.63. The normalized spacial score (nSPS) is 11.0. The predicted octanol–water partition coefficient (Wildman–Crippen LogP) is 4.10. The van der Waals surface area contributed by atoms with E-state index < -0.39 is 5.91 Å². The number of carbonyl (C=O) groups is 2. The molecule has 2 aromatic rings. The summed E-state index contributed by atoms with van der Waals surface area (Å²) in [7, 11) is 1.45. The van der Waals surface area contributed by atoms with Gasteiger partial charge in [0.25, 0.3) is 11.8 Å². The van der Waals surface area contributed by atoms with E-state index in [-0.39, 0.29) is 22.0 Å². The van der Waals surface area contributed by atoms with Crippen molar-refractivity contribution in [3.05, 3.63) is 52.5 Å². The standard InChI is InChI=1S/C20H24ClN3O3/c1-5-20(2,3)24-18(25)12-6-8-13(9-7-12)23-19(26)14-10-15(21)16(22)11-17(14)27-4/h6-11H,5,22H2,1-4H3,(H,23,26)(H,24,25). The molecule has 0 aliphatic rings. The quantitative estimate of drug-likeness (QED) is 0.648. The summed E-state index contributed by atoms with van der Waals surface area (Å²) < 4.78 is 5.20. The van der Waals surface area contributed by atoms with Gasteiger partial charge in [-0.3, -0.25) is 9.59 Å². The van der Waals surface area contributed by atoms with E-state index in [1.165, 1.54) is 19.2 Å². The fourth-order valence-electron chi connectivity index (χ4n) is 2.29. The van der Waals surface area contributed by atoms with Crippen LogP contribution in [0.25, 0.3) is 0 Å². The summed E-state index contributed by atoms with van der Waals surface area (Å²) in [6.45, 7) is 5.94. The number of methoxy groups -OCH3 is 1. The Labute approximate surface area is 164 Å². The van der Waals surface area contributed by atoms with E-state index in [1.54, 1.807) is 24.3 Å². The Hall–Kier alpha value is -2.73. The molecule has 0 aromatic heterocycles. The number of benzene rings is 2. The Bertz CT molecular complexity index is 848. The monoisotopic (exact) mass is 389 g/mol. The van der Waals surface area contributed by atoms with Gasteiger partial charge >= 0.3 is 0 Å². The SMILES string of the molecule is CCC(C)(C)NC(=O)c1ccc(NC(=O)c2cc(Cl)c(N)cc2OC)cc1. The Morgan fingerprint density at radius 3 is 2.33 bits per heavy atom. The molecule has 4 N–H and O–H groups in total. The molecule has 0 aliphatic carbocycles. The second kappa shape index (κ2) is 8.31. The molecule has 0 fully saturated rings. The lowest BCUT2D eigenvalue weighted by Gasteiger charge is -2.24. The summed E-state index contributed by atoms with van der Waals surface area (Å²) in [6.07, 6.45) is 0.818. The van der Waals surface area contributed by atoms with Crippen molar-refractivity contribution in [1.29, 1.82) is 0 Å². The number of nitrogen functional groups attached to an aromatic ring is 1. The summed E-state index contributed by atoms with van der Waals surface area (Å²) in [6, 6.07) is 9.60. The molecule has 2 rings (SSSR count). The number of carbonyl (C=O) groups excluding carboxylic acids is 2. The third-order valence-corrected chi connectivity index (χ3v) is 4.63. The van der Waals surface area contributed by atoms with Crippen molar-refractivity contribution in [2.45, 2.75) is 32.7 Å². The molecule has 0 aliphatic heterocycles. The van der Waals surface area contributed by atoms with Crippen LogP contribution in [-0.2, 0) is 0 Å². The van der Waals surface area contributed by atoms with Crippen LogP contribution in [0.4, 0.5) is 11.4 Å². The maximum absolute atomic E-state index is 12.5. The summed E-state index contributed by atoms with van der Waals surface area (Å²) >= 11 is 6.01. The van der Waals surface area contributed by atoms with Crippen LogP contribution >= 0.6 is 11.6 Å². The molecule has 27 heavy (non-hydrogen) atoms. The molecule has 0 spiro atoms. The lowest BCUT2D eigenvalue weighted by molar-refractivity contribution is 0.0910. The zero-order valence-electron chi connectivity index (χ0n) is 15.9. The Morgan fingerprint density at radius 1 is 1.15 bits per heavy atom. The second-order valence-corrected chi connectivity index (χ2v) is 7.20. The minimum Gasteiger partial charge on any atom is -0.496 e. The summed E-state index contributed by atoms with van der Waals surface area (Å²) in [5, 5.41) is 5.99. The molecule has 2 amide bonds. The second-order valence-electron chi connectivity index (χ2n) is 6.80. The first-order valence-electron chi connectivity index (χ1n) is 8.54.